The van der Waals surface area contributed by atoms with Crippen molar-refractivity contribution < 1.29 is 9.59 Å². The highest BCUT2D eigenvalue weighted by atomic mass is 16.2. The molecule has 158 valence electrons. The Kier molecular flexibility index (Phi) is 4.65. The first-order valence-electron chi connectivity index (χ1n) is 10.8. The molecule has 2 aromatic heterocycles. The zero-order valence-electron chi connectivity index (χ0n) is 18.1. The topological polar surface area (TPSA) is 67.2 Å². The van der Waals surface area contributed by atoms with Crippen molar-refractivity contribution in [3.8, 4) is 0 Å². The standard InChI is InChI=1S/C25H26N4O2/c1-15(2)9-11-28-13-18-22(17-6-5-10-26-12-17)24-20(14-29(16(3)30)25(24)31)27-19-7-4-8-21(28)23(18)19/h4-8,10,12-13,15,22,27H,9,11,14H2,1-3H3. The van der Waals surface area contributed by atoms with E-state index in [1.165, 1.54) is 11.8 Å². The van der Waals surface area contributed by atoms with E-state index in [1.54, 1.807) is 6.20 Å². The Morgan fingerprint density at radius 1 is 1.26 bits per heavy atom. The predicted octanol–water partition coefficient (Wildman–Crippen LogP) is 4.28. The van der Waals surface area contributed by atoms with Crippen molar-refractivity contribution in [2.75, 3.05) is 11.9 Å². The zero-order chi connectivity index (χ0) is 21.7. The molecule has 2 amide bonds. The molecule has 3 aromatic rings. The van der Waals surface area contributed by atoms with Gasteiger partial charge in [-0.25, -0.2) is 0 Å². The van der Waals surface area contributed by atoms with E-state index < -0.39 is 0 Å². The second-order valence-electron chi connectivity index (χ2n) is 8.81. The number of anilines is 1. The normalized spacial score (nSPS) is 17.9. The van der Waals surface area contributed by atoms with Gasteiger partial charge in [0.2, 0.25) is 5.91 Å². The number of pyridine rings is 1. The van der Waals surface area contributed by atoms with E-state index in [9.17, 15) is 9.59 Å². The predicted molar refractivity (Wildman–Crippen MR) is 121 cm³/mol. The molecule has 0 spiro atoms. The summed E-state index contributed by atoms with van der Waals surface area (Å²) in [5.41, 5.74) is 5.61. The van der Waals surface area contributed by atoms with Gasteiger partial charge in [-0.3, -0.25) is 19.5 Å². The van der Waals surface area contributed by atoms with Crippen LogP contribution in [0, 0.1) is 5.92 Å². The number of imide groups is 1. The summed E-state index contributed by atoms with van der Waals surface area (Å²) in [4.78, 5) is 31.2. The maximum Gasteiger partial charge on any atom is 0.259 e. The number of carbonyl (C=O) groups is 2. The molecule has 0 saturated carbocycles. The van der Waals surface area contributed by atoms with Crippen molar-refractivity contribution in [1.29, 1.82) is 0 Å². The molecule has 0 bridgehead atoms. The van der Waals surface area contributed by atoms with Crippen LogP contribution in [0.2, 0.25) is 0 Å². The van der Waals surface area contributed by atoms with Crippen molar-refractivity contribution >= 4 is 28.4 Å². The van der Waals surface area contributed by atoms with Crippen LogP contribution in [0.4, 0.5) is 5.69 Å². The number of rotatable bonds is 4. The smallest absolute Gasteiger partial charge is 0.259 e. The third-order valence-corrected chi connectivity index (χ3v) is 6.28. The third-order valence-electron chi connectivity index (χ3n) is 6.28. The van der Waals surface area contributed by atoms with Crippen molar-refractivity contribution in [3.63, 3.8) is 0 Å². The van der Waals surface area contributed by atoms with Gasteiger partial charge in [0.15, 0.2) is 0 Å². The highest BCUT2D eigenvalue weighted by Crippen LogP contribution is 2.46. The van der Waals surface area contributed by atoms with Gasteiger partial charge < -0.3 is 9.88 Å². The number of amides is 2. The summed E-state index contributed by atoms with van der Waals surface area (Å²) >= 11 is 0. The van der Waals surface area contributed by atoms with Crippen molar-refractivity contribution in [1.82, 2.24) is 14.5 Å². The molecule has 1 aromatic carbocycles. The minimum Gasteiger partial charge on any atom is -0.356 e. The molecule has 6 nitrogen and oxygen atoms in total. The maximum atomic E-state index is 13.4. The van der Waals surface area contributed by atoms with Gasteiger partial charge in [0.25, 0.3) is 5.91 Å². The van der Waals surface area contributed by atoms with E-state index in [0.717, 1.165) is 46.4 Å². The molecule has 6 heteroatoms. The lowest BCUT2D eigenvalue weighted by Crippen LogP contribution is -2.33. The van der Waals surface area contributed by atoms with Gasteiger partial charge >= 0.3 is 0 Å². The quantitative estimate of drug-likeness (QED) is 0.692. The van der Waals surface area contributed by atoms with Gasteiger partial charge in [-0.05, 0) is 41.7 Å². The molecule has 1 unspecified atom stereocenters. The first kappa shape index (κ1) is 19.5. The van der Waals surface area contributed by atoms with E-state index in [2.05, 4.69) is 47.0 Å². The van der Waals surface area contributed by atoms with E-state index >= 15 is 0 Å². The minimum atomic E-state index is -0.278. The number of benzene rings is 1. The molecule has 0 aliphatic carbocycles. The highest BCUT2D eigenvalue weighted by Gasteiger charge is 2.41. The van der Waals surface area contributed by atoms with Crippen LogP contribution < -0.4 is 5.32 Å². The summed E-state index contributed by atoms with van der Waals surface area (Å²) in [6.07, 6.45) is 6.83. The summed E-state index contributed by atoms with van der Waals surface area (Å²) in [5, 5.41) is 4.65. The number of nitrogens with one attached hydrogen (secondary N) is 1. The van der Waals surface area contributed by atoms with Crippen LogP contribution in [-0.4, -0.2) is 32.8 Å². The molecule has 1 N–H and O–H groups in total. The van der Waals surface area contributed by atoms with Crippen molar-refractivity contribution in [3.05, 3.63) is 71.3 Å². The molecule has 31 heavy (non-hydrogen) atoms. The van der Waals surface area contributed by atoms with Crippen LogP contribution in [0.3, 0.4) is 0 Å². The summed E-state index contributed by atoms with van der Waals surface area (Å²) < 4.78 is 2.30. The molecule has 2 aliphatic rings. The van der Waals surface area contributed by atoms with Gasteiger partial charge in [0.1, 0.15) is 0 Å². The summed E-state index contributed by atoms with van der Waals surface area (Å²) in [7, 11) is 0. The van der Waals surface area contributed by atoms with Crippen LogP contribution >= 0.6 is 0 Å². The lowest BCUT2D eigenvalue weighted by Gasteiger charge is -2.19. The second kappa shape index (κ2) is 7.38. The number of nitrogens with zero attached hydrogens (tertiary/aromatic N) is 3. The number of aromatic nitrogens is 2. The minimum absolute atomic E-state index is 0.222. The third kappa shape index (κ3) is 3.14. The van der Waals surface area contributed by atoms with Crippen molar-refractivity contribution in [2.24, 2.45) is 5.92 Å². The van der Waals surface area contributed by atoms with Crippen LogP contribution in [0.5, 0.6) is 0 Å². The van der Waals surface area contributed by atoms with Crippen LogP contribution in [-0.2, 0) is 16.1 Å². The zero-order valence-corrected chi connectivity index (χ0v) is 18.1. The average molecular weight is 415 g/mol. The molecular formula is C25H26N4O2. The Morgan fingerprint density at radius 2 is 2.10 bits per heavy atom. The maximum absolute atomic E-state index is 13.4. The number of aryl methyl sites for hydroxylation is 1. The van der Waals surface area contributed by atoms with Crippen LogP contribution in [0.15, 0.2) is 60.2 Å². The van der Waals surface area contributed by atoms with Gasteiger partial charge in [-0.1, -0.05) is 26.0 Å². The first-order valence-corrected chi connectivity index (χ1v) is 10.8. The number of hydrogen-bond donors (Lipinski definition) is 1. The Bertz CT molecular complexity index is 1220. The highest BCUT2D eigenvalue weighted by molar-refractivity contribution is 6.11. The Labute approximate surface area is 181 Å². The first-order chi connectivity index (χ1) is 15.0. The Hall–Kier alpha value is -3.41. The Balaban J connectivity index is 1.75. The Morgan fingerprint density at radius 3 is 2.81 bits per heavy atom. The van der Waals surface area contributed by atoms with Crippen LogP contribution in [0.1, 0.15) is 44.2 Å². The summed E-state index contributed by atoms with van der Waals surface area (Å²) in [6.45, 7) is 7.08. The summed E-state index contributed by atoms with van der Waals surface area (Å²) in [5.74, 6) is -0.143. The molecular weight excluding hydrogens is 388 g/mol. The van der Waals surface area contributed by atoms with E-state index in [1.807, 2.05) is 24.4 Å². The lowest BCUT2D eigenvalue weighted by molar-refractivity contribution is -0.139. The van der Waals surface area contributed by atoms with Crippen LogP contribution in [0.25, 0.3) is 10.9 Å². The van der Waals surface area contributed by atoms with Gasteiger partial charge in [-0.2, -0.15) is 0 Å². The molecule has 2 aliphatic heterocycles. The largest absolute Gasteiger partial charge is 0.356 e. The molecule has 0 fully saturated rings. The molecule has 0 saturated heterocycles. The van der Waals surface area contributed by atoms with Crippen molar-refractivity contribution in [2.45, 2.75) is 39.7 Å². The SMILES string of the molecule is CC(=O)N1CC2=C(C1=O)C(c1cccnc1)c1cn(CCC(C)C)c3cccc(c13)N2. The molecule has 4 heterocycles. The lowest BCUT2D eigenvalue weighted by atomic mass is 9.85. The van der Waals surface area contributed by atoms with Gasteiger partial charge in [-0.15, -0.1) is 0 Å². The molecule has 1 atom stereocenters. The molecule has 5 rings (SSSR count). The average Bonchev–Trinajstić information content (AvgIpc) is 3.23. The monoisotopic (exact) mass is 414 g/mol. The number of hydrogen-bond acceptors (Lipinski definition) is 4. The van der Waals surface area contributed by atoms with Gasteiger partial charge in [0, 0.05) is 54.7 Å². The molecule has 0 radical (unpaired) electrons. The van der Waals surface area contributed by atoms with Gasteiger partial charge in [0.05, 0.1) is 17.6 Å². The fourth-order valence-corrected chi connectivity index (χ4v) is 4.75. The fourth-order valence-electron chi connectivity index (χ4n) is 4.75. The second-order valence-corrected chi connectivity index (χ2v) is 8.81. The van der Waals surface area contributed by atoms with E-state index in [0.29, 0.717) is 11.5 Å². The van der Waals surface area contributed by atoms with E-state index in [-0.39, 0.29) is 24.3 Å². The number of carbonyl (C=O) groups excluding carboxylic acids is 2. The fraction of sp³-hybridized carbons (Fsp3) is 0.320. The van der Waals surface area contributed by atoms with E-state index in [4.69, 9.17) is 0 Å². The summed E-state index contributed by atoms with van der Waals surface area (Å²) in [6, 6.07) is 10.1.